The number of piperazine rings is 1. The maximum atomic E-state index is 12.0. The molecule has 0 radical (unpaired) electrons. The smallest absolute Gasteiger partial charge is 0.353 e. The molecule has 1 aliphatic heterocycles. The van der Waals surface area contributed by atoms with Crippen molar-refractivity contribution in [3.63, 3.8) is 0 Å². The maximum absolute atomic E-state index is 12.0. The van der Waals surface area contributed by atoms with Gasteiger partial charge in [0.1, 0.15) is 12.1 Å². The number of nitrogens with zero attached hydrogens (tertiary/aromatic N) is 5. The Balaban J connectivity index is 1.54. The number of ether oxygens (including phenoxy) is 1. The normalized spacial score (nSPS) is 13.7. The van der Waals surface area contributed by atoms with E-state index in [9.17, 15) is 10.1 Å². The molecule has 0 unspecified atom stereocenters. The molecule has 9 heteroatoms. The van der Waals surface area contributed by atoms with Gasteiger partial charge in [-0.05, 0) is 61.4 Å². The number of benzene rings is 2. The van der Waals surface area contributed by atoms with Gasteiger partial charge in [-0.15, -0.1) is 0 Å². The van der Waals surface area contributed by atoms with E-state index in [1.807, 2.05) is 61.2 Å². The second kappa shape index (κ2) is 9.09. The Morgan fingerprint density at radius 3 is 2.19 bits per heavy atom. The Kier molecular flexibility index (Phi) is 6.07. The number of methoxy groups -OCH3 is 1. The first-order valence-corrected chi connectivity index (χ1v) is 10.4. The van der Waals surface area contributed by atoms with Crippen molar-refractivity contribution in [1.29, 1.82) is 0 Å². The number of anilines is 4. The zero-order valence-corrected chi connectivity index (χ0v) is 18.4. The third-order valence-electron chi connectivity index (χ3n) is 5.49. The molecule has 0 spiro atoms. The zero-order chi connectivity index (χ0) is 22.7. The molecule has 166 valence electrons. The van der Waals surface area contributed by atoms with Crippen LogP contribution in [0.25, 0.3) is 0 Å². The Morgan fingerprint density at radius 1 is 0.969 bits per heavy atom. The van der Waals surface area contributed by atoms with E-state index in [2.05, 4.69) is 20.2 Å². The van der Waals surface area contributed by atoms with Crippen molar-refractivity contribution in [2.24, 2.45) is 0 Å². The fourth-order valence-electron chi connectivity index (χ4n) is 4.01. The van der Waals surface area contributed by atoms with E-state index in [1.54, 1.807) is 7.11 Å². The molecule has 3 aromatic rings. The van der Waals surface area contributed by atoms with Crippen LogP contribution in [0.15, 0.2) is 48.8 Å². The minimum absolute atomic E-state index is 0.107. The summed E-state index contributed by atoms with van der Waals surface area (Å²) in [6, 6.07) is 13.8. The van der Waals surface area contributed by atoms with Crippen molar-refractivity contribution < 1.29 is 9.66 Å². The second-order valence-corrected chi connectivity index (χ2v) is 7.83. The molecule has 0 bridgehead atoms. The third kappa shape index (κ3) is 4.56. The predicted molar refractivity (Wildman–Crippen MR) is 125 cm³/mol. The molecule has 1 N–H and O–H groups in total. The monoisotopic (exact) mass is 434 g/mol. The Bertz CT molecular complexity index is 1090. The summed E-state index contributed by atoms with van der Waals surface area (Å²) in [5.41, 5.74) is 3.89. The maximum Gasteiger partial charge on any atom is 0.353 e. The molecule has 4 rings (SSSR count). The molecule has 32 heavy (non-hydrogen) atoms. The Labute approximate surface area is 186 Å². The van der Waals surface area contributed by atoms with Crippen molar-refractivity contribution in [2.45, 2.75) is 13.8 Å². The molecule has 1 aromatic heterocycles. The number of nitro groups is 1. The van der Waals surface area contributed by atoms with Gasteiger partial charge in [-0.3, -0.25) is 10.1 Å². The zero-order valence-electron chi connectivity index (χ0n) is 18.4. The lowest BCUT2D eigenvalue weighted by molar-refractivity contribution is -0.383. The molecule has 0 saturated carbocycles. The van der Waals surface area contributed by atoms with Crippen LogP contribution in [0.1, 0.15) is 11.1 Å². The van der Waals surface area contributed by atoms with Gasteiger partial charge in [0.2, 0.25) is 11.6 Å². The van der Waals surface area contributed by atoms with Crippen molar-refractivity contribution in [3.8, 4) is 5.75 Å². The fraction of sp³-hybridized carbons (Fsp3) is 0.304. The first-order chi connectivity index (χ1) is 15.4. The highest BCUT2D eigenvalue weighted by Gasteiger charge is 2.29. The van der Waals surface area contributed by atoms with Crippen LogP contribution in [0.5, 0.6) is 5.75 Å². The number of nitrogens with one attached hydrogen (secondary N) is 1. The third-order valence-corrected chi connectivity index (χ3v) is 5.49. The van der Waals surface area contributed by atoms with Crippen molar-refractivity contribution in [1.82, 2.24) is 9.97 Å². The van der Waals surface area contributed by atoms with Crippen LogP contribution in [0.4, 0.5) is 28.7 Å². The van der Waals surface area contributed by atoms with Gasteiger partial charge in [-0.2, -0.15) is 0 Å². The molecule has 2 heterocycles. The highest BCUT2D eigenvalue weighted by atomic mass is 16.6. The van der Waals surface area contributed by atoms with Gasteiger partial charge in [0.05, 0.1) is 12.0 Å². The molecule has 0 atom stereocenters. The predicted octanol–water partition coefficient (Wildman–Crippen LogP) is 4.08. The van der Waals surface area contributed by atoms with Crippen LogP contribution in [0.2, 0.25) is 0 Å². The van der Waals surface area contributed by atoms with Gasteiger partial charge in [-0.1, -0.05) is 6.07 Å². The van der Waals surface area contributed by atoms with Crippen LogP contribution >= 0.6 is 0 Å². The van der Waals surface area contributed by atoms with Crippen LogP contribution in [0.3, 0.4) is 0 Å². The van der Waals surface area contributed by atoms with E-state index in [4.69, 9.17) is 4.74 Å². The van der Waals surface area contributed by atoms with Gasteiger partial charge >= 0.3 is 5.69 Å². The number of hydrogen-bond donors (Lipinski definition) is 1. The van der Waals surface area contributed by atoms with Gasteiger partial charge in [0, 0.05) is 37.6 Å². The Morgan fingerprint density at radius 2 is 1.59 bits per heavy atom. The quantitative estimate of drug-likeness (QED) is 0.458. The molecule has 1 saturated heterocycles. The summed E-state index contributed by atoms with van der Waals surface area (Å²) in [5.74, 6) is 1.35. The fourth-order valence-corrected chi connectivity index (χ4v) is 4.01. The number of aromatic nitrogens is 2. The number of aryl methyl sites for hydroxylation is 2. The van der Waals surface area contributed by atoms with E-state index in [0.717, 1.165) is 41.3 Å². The van der Waals surface area contributed by atoms with Crippen LogP contribution in [0, 0.1) is 24.0 Å². The summed E-state index contributed by atoms with van der Waals surface area (Å²) < 4.78 is 5.22. The van der Waals surface area contributed by atoms with Crippen LogP contribution in [-0.4, -0.2) is 48.2 Å². The lowest BCUT2D eigenvalue weighted by Crippen LogP contribution is -2.47. The van der Waals surface area contributed by atoms with Gasteiger partial charge in [0.25, 0.3) is 0 Å². The van der Waals surface area contributed by atoms with E-state index in [0.29, 0.717) is 18.9 Å². The van der Waals surface area contributed by atoms with Gasteiger partial charge in [-0.25, -0.2) is 9.97 Å². The highest BCUT2D eigenvalue weighted by Crippen LogP contribution is 2.34. The molecule has 1 fully saturated rings. The van der Waals surface area contributed by atoms with Crippen molar-refractivity contribution in [2.75, 3.05) is 48.4 Å². The number of rotatable bonds is 6. The first kappa shape index (κ1) is 21.4. The minimum atomic E-state index is -0.407. The van der Waals surface area contributed by atoms with E-state index in [-0.39, 0.29) is 11.5 Å². The van der Waals surface area contributed by atoms with Crippen molar-refractivity contribution >= 4 is 28.7 Å². The lowest BCUT2D eigenvalue weighted by Gasteiger charge is -2.36. The SMILES string of the molecule is COc1ccc(N2CCN(c3ncnc(Nc4cc(C)cc(C)c4)c3[N+](=O)[O-])CC2)cc1. The van der Waals surface area contributed by atoms with E-state index in [1.165, 1.54) is 6.33 Å². The standard InChI is InChI=1S/C23H26N6O3/c1-16-12-17(2)14-18(13-16)26-22-21(29(30)31)23(25-15-24-22)28-10-8-27(9-11-28)19-4-6-20(32-3)7-5-19/h4-7,12-15H,8-11H2,1-3H3,(H,24,25,26). The van der Waals surface area contributed by atoms with Crippen molar-refractivity contribution in [3.05, 3.63) is 70.0 Å². The first-order valence-electron chi connectivity index (χ1n) is 10.4. The summed E-state index contributed by atoms with van der Waals surface area (Å²) in [7, 11) is 1.64. The van der Waals surface area contributed by atoms with E-state index >= 15 is 0 Å². The van der Waals surface area contributed by atoms with Crippen LogP contribution < -0.4 is 19.9 Å². The molecule has 1 aliphatic rings. The second-order valence-electron chi connectivity index (χ2n) is 7.83. The van der Waals surface area contributed by atoms with Gasteiger partial charge < -0.3 is 19.9 Å². The van der Waals surface area contributed by atoms with Crippen LogP contribution in [-0.2, 0) is 0 Å². The molecule has 2 aromatic carbocycles. The van der Waals surface area contributed by atoms with E-state index < -0.39 is 4.92 Å². The largest absolute Gasteiger partial charge is 0.497 e. The average Bonchev–Trinajstić information content (AvgIpc) is 2.78. The number of hydrogen-bond acceptors (Lipinski definition) is 8. The molecule has 0 aliphatic carbocycles. The highest BCUT2D eigenvalue weighted by molar-refractivity contribution is 5.75. The summed E-state index contributed by atoms with van der Waals surface area (Å²) in [4.78, 5) is 24.2. The summed E-state index contributed by atoms with van der Waals surface area (Å²) in [6.45, 7) is 6.67. The lowest BCUT2D eigenvalue weighted by atomic mass is 10.1. The molecular formula is C23H26N6O3. The molecule has 9 nitrogen and oxygen atoms in total. The molecular weight excluding hydrogens is 408 g/mol. The Hall–Kier alpha value is -3.88. The van der Waals surface area contributed by atoms with Gasteiger partial charge in [0.15, 0.2) is 0 Å². The summed E-state index contributed by atoms with van der Waals surface area (Å²) >= 11 is 0. The summed E-state index contributed by atoms with van der Waals surface area (Å²) in [6.07, 6.45) is 1.38. The molecule has 0 amide bonds. The topological polar surface area (TPSA) is 96.7 Å². The average molecular weight is 435 g/mol. The minimum Gasteiger partial charge on any atom is -0.497 e. The summed E-state index contributed by atoms with van der Waals surface area (Å²) in [5, 5.41) is 15.1.